The summed E-state index contributed by atoms with van der Waals surface area (Å²) in [6.45, 7) is 3.70. The van der Waals surface area contributed by atoms with Gasteiger partial charge >= 0.3 is 0 Å². The number of rotatable bonds is 4. The Hall–Kier alpha value is -2.64. The van der Waals surface area contributed by atoms with Gasteiger partial charge in [0.25, 0.3) is 0 Å². The number of aromatic nitrogens is 1. The molecule has 0 bridgehead atoms. The van der Waals surface area contributed by atoms with Gasteiger partial charge in [-0.15, -0.1) is 0 Å². The largest absolute Gasteiger partial charge is 0.387 e. The molecule has 0 spiro atoms. The van der Waals surface area contributed by atoms with E-state index in [-0.39, 0.29) is 9.79 Å². The van der Waals surface area contributed by atoms with Gasteiger partial charge in [-0.2, -0.15) is 0 Å². The summed E-state index contributed by atoms with van der Waals surface area (Å²) in [4.78, 5) is 9.71. The highest BCUT2D eigenvalue weighted by Crippen LogP contribution is 2.39. The summed E-state index contributed by atoms with van der Waals surface area (Å²) in [5.41, 5.74) is 2.29. The van der Waals surface area contributed by atoms with Gasteiger partial charge in [-0.25, -0.2) is 8.42 Å². The number of nitrogens with zero attached hydrogens (tertiary/aromatic N) is 3. The van der Waals surface area contributed by atoms with Crippen molar-refractivity contribution < 1.29 is 8.42 Å². The Balaban J connectivity index is 1.95. The Kier molecular flexibility index (Phi) is 4.95. The van der Waals surface area contributed by atoms with E-state index in [1.165, 1.54) is 0 Å². The molecule has 0 atom stereocenters. The van der Waals surface area contributed by atoms with Crippen LogP contribution in [-0.4, -0.2) is 58.6 Å². The number of hydrogen-bond donors (Lipinski definition) is 1. The molecule has 1 saturated heterocycles. The summed E-state index contributed by atoms with van der Waals surface area (Å²) in [6.07, 6.45) is 1.72. The molecule has 3 aromatic rings. The van der Waals surface area contributed by atoms with Crippen molar-refractivity contribution in [2.75, 3.05) is 50.5 Å². The van der Waals surface area contributed by atoms with Gasteiger partial charge in [0.15, 0.2) is 0 Å². The first kappa shape index (κ1) is 18.7. The van der Waals surface area contributed by atoms with Crippen LogP contribution in [0.3, 0.4) is 0 Å². The summed E-state index contributed by atoms with van der Waals surface area (Å²) in [5.74, 6) is 0. The van der Waals surface area contributed by atoms with Crippen LogP contribution in [0.25, 0.3) is 10.9 Å². The maximum Gasteiger partial charge on any atom is 0.209 e. The zero-order valence-electron chi connectivity index (χ0n) is 16.1. The van der Waals surface area contributed by atoms with Gasteiger partial charge in [0.2, 0.25) is 9.84 Å². The van der Waals surface area contributed by atoms with Crippen LogP contribution in [0.4, 0.5) is 11.4 Å². The maximum atomic E-state index is 13.5. The molecule has 6 nitrogen and oxygen atoms in total. The molecule has 1 aliphatic heterocycles. The molecule has 28 heavy (non-hydrogen) atoms. The lowest BCUT2D eigenvalue weighted by Crippen LogP contribution is -2.44. The van der Waals surface area contributed by atoms with Crippen molar-refractivity contribution >= 4 is 32.1 Å². The van der Waals surface area contributed by atoms with E-state index in [0.29, 0.717) is 11.1 Å². The lowest BCUT2D eigenvalue weighted by Gasteiger charge is -2.35. The molecule has 1 aliphatic rings. The second-order valence-corrected chi connectivity index (χ2v) is 8.92. The summed E-state index contributed by atoms with van der Waals surface area (Å²) < 4.78 is 26.9. The lowest BCUT2D eigenvalue weighted by atomic mass is 10.1. The number of nitrogens with one attached hydrogen (secondary N) is 1. The molecule has 0 aliphatic carbocycles. The van der Waals surface area contributed by atoms with Crippen molar-refractivity contribution in [3.8, 4) is 0 Å². The standard InChI is InChI=1S/C21H24N4O2S/c1-22-18-15-19(25-13-11-24(2)12-14-25)20-17(9-6-10-23-20)21(18)28(26,27)16-7-4-3-5-8-16/h3-10,15,22H,11-14H2,1-2H3. The molecule has 1 fully saturated rings. The van der Waals surface area contributed by atoms with Gasteiger partial charge in [0, 0.05) is 44.8 Å². The van der Waals surface area contributed by atoms with Crippen molar-refractivity contribution in [2.45, 2.75) is 9.79 Å². The zero-order chi connectivity index (χ0) is 19.7. The van der Waals surface area contributed by atoms with Crippen LogP contribution in [-0.2, 0) is 9.84 Å². The first-order valence-corrected chi connectivity index (χ1v) is 10.8. The number of piperazine rings is 1. The summed E-state index contributed by atoms with van der Waals surface area (Å²) >= 11 is 0. The molecule has 1 N–H and O–H groups in total. The van der Waals surface area contributed by atoms with Gasteiger partial charge in [-0.1, -0.05) is 18.2 Å². The molecular weight excluding hydrogens is 372 g/mol. The number of hydrogen-bond acceptors (Lipinski definition) is 6. The topological polar surface area (TPSA) is 65.5 Å². The monoisotopic (exact) mass is 396 g/mol. The molecule has 0 saturated carbocycles. The van der Waals surface area contributed by atoms with Crippen molar-refractivity contribution in [1.82, 2.24) is 9.88 Å². The highest BCUT2D eigenvalue weighted by atomic mass is 32.2. The van der Waals surface area contributed by atoms with Gasteiger partial charge in [0.1, 0.15) is 4.90 Å². The minimum absolute atomic E-state index is 0.280. The van der Waals surface area contributed by atoms with Crippen LogP contribution in [0, 0.1) is 0 Å². The van der Waals surface area contributed by atoms with Crippen LogP contribution >= 0.6 is 0 Å². The average molecular weight is 397 g/mol. The second kappa shape index (κ2) is 7.41. The Bertz CT molecular complexity index is 1090. The minimum atomic E-state index is -3.69. The van der Waals surface area contributed by atoms with E-state index in [1.54, 1.807) is 43.6 Å². The van der Waals surface area contributed by atoms with Gasteiger partial charge in [-0.05, 0) is 37.4 Å². The van der Waals surface area contributed by atoms with E-state index in [1.807, 2.05) is 18.2 Å². The molecule has 7 heteroatoms. The van der Waals surface area contributed by atoms with E-state index in [2.05, 4.69) is 27.1 Å². The molecule has 4 rings (SSSR count). The first-order chi connectivity index (χ1) is 13.5. The highest BCUT2D eigenvalue weighted by Gasteiger charge is 2.27. The summed E-state index contributed by atoms with van der Waals surface area (Å²) in [5, 5.41) is 3.75. The number of benzene rings is 2. The summed E-state index contributed by atoms with van der Waals surface area (Å²) in [7, 11) is 0.179. The van der Waals surface area contributed by atoms with Crippen molar-refractivity contribution in [1.29, 1.82) is 0 Å². The van der Waals surface area contributed by atoms with Crippen LogP contribution in [0.5, 0.6) is 0 Å². The minimum Gasteiger partial charge on any atom is -0.387 e. The highest BCUT2D eigenvalue weighted by molar-refractivity contribution is 7.92. The van der Waals surface area contributed by atoms with E-state index in [9.17, 15) is 8.42 Å². The van der Waals surface area contributed by atoms with Gasteiger partial charge < -0.3 is 15.1 Å². The average Bonchev–Trinajstić information content (AvgIpc) is 2.73. The lowest BCUT2D eigenvalue weighted by molar-refractivity contribution is 0.313. The number of pyridine rings is 1. The molecule has 2 aromatic carbocycles. The first-order valence-electron chi connectivity index (χ1n) is 9.35. The molecule has 0 unspecified atom stereocenters. The van der Waals surface area contributed by atoms with E-state index < -0.39 is 9.84 Å². The molecule has 1 aromatic heterocycles. The normalized spacial score (nSPS) is 15.7. The molecule has 146 valence electrons. The fourth-order valence-corrected chi connectivity index (χ4v) is 5.35. The third-order valence-electron chi connectivity index (χ3n) is 5.26. The zero-order valence-corrected chi connectivity index (χ0v) is 16.9. The van der Waals surface area contributed by atoms with E-state index in [4.69, 9.17) is 0 Å². The van der Waals surface area contributed by atoms with E-state index in [0.717, 1.165) is 37.4 Å². The third-order valence-corrected chi connectivity index (χ3v) is 7.13. The smallest absolute Gasteiger partial charge is 0.209 e. The number of fused-ring (bicyclic) bond motifs is 1. The van der Waals surface area contributed by atoms with Gasteiger partial charge in [0.05, 0.1) is 21.8 Å². The fraction of sp³-hybridized carbons (Fsp3) is 0.286. The SMILES string of the molecule is CNc1cc(N2CCN(C)CC2)c2ncccc2c1S(=O)(=O)c1ccccc1. The maximum absolute atomic E-state index is 13.5. The van der Waals surface area contributed by atoms with Crippen molar-refractivity contribution in [3.05, 3.63) is 54.7 Å². The second-order valence-electron chi connectivity index (χ2n) is 7.03. The van der Waals surface area contributed by atoms with Crippen molar-refractivity contribution in [3.63, 3.8) is 0 Å². The molecule has 0 amide bonds. The quantitative estimate of drug-likeness (QED) is 0.732. The Morgan fingerprint density at radius 3 is 2.39 bits per heavy atom. The fourth-order valence-electron chi connectivity index (χ4n) is 3.69. The number of likely N-dealkylation sites (N-methyl/N-ethyl adjacent to an activating group) is 1. The Morgan fingerprint density at radius 2 is 1.71 bits per heavy atom. The van der Waals surface area contributed by atoms with Crippen LogP contribution in [0.15, 0.2) is 64.5 Å². The van der Waals surface area contributed by atoms with Crippen LogP contribution in [0.1, 0.15) is 0 Å². The predicted octanol–water partition coefficient (Wildman–Crippen LogP) is 2.86. The number of sulfone groups is 1. The van der Waals surface area contributed by atoms with Crippen LogP contribution in [0.2, 0.25) is 0 Å². The summed E-state index contributed by atoms with van der Waals surface area (Å²) in [6, 6.07) is 14.1. The Labute approximate surface area is 165 Å². The van der Waals surface area contributed by atoms with Crippen molar-refractivity contribution in [2.24, 2.45) is 0 Å². The van der Waals surface area contributed by atoms with Gasteiger partial charge in [-0.3, -0.25) is 4.98 Å². The molecule has 0 radical (unpaired) electrons. The van der Waals surface area contributed by atoms with E-state index >= 15 is 0 Å². The molecular formula is C21H24N4O2S. The number of anilines is 2. The van der Waals surface area contributed by atoms with Crippen LogP contribution < -0.4 is 10.2 Å². The predicted molar refractivity (Wildman–Crippen MR) is 113 cm³/mol. The Morgan fingerprint density at radius 1 is 1.00 bits per heavy atom. The molecule has 2 heterocycles. The third kappa shape index (κ3) is 3.21.